The number of carbonyl (C=O) groups excluding carboxylic acids is 3. The first-order chi connectivity index (χ1) is 21.8. The zero-order valence-corrected chi connectivity index (χ0v) is 28.6. The Bertz CT molecular complexity index is 1580. The number of imidazole rings is 1. The molecule has 3 amide bonds. The average molecular weight is 650 g/mol. The fraction of sp³-hybridized carbons (Fsp3) is 0.556. The molecule has 2 aliphatic rings. The number of nitrogens with one attached hydrogen (secondary N) is 4. The number of ether oxygens (including phenoxy) is 1. The van der Waals surface area contributed by atoms with Gasteiger partial charge in [-0.25, -0.2) is 4.98 Å². The highest BCUT2D eigenvalue weighted by atomic mass is 35.5. The lowest BCUT2D eigenvalue weighted by molar-refractivity contribution is -0.137. The van der Waals surface area contributed by atoms with Gasteiger partial charge in [0.2, 0.25) is 17.7 Å². The van der Waals surface area contributed by atoms with Gasteiger partial charge in [0, 0.05) is 37.1 Å². The number of likely N-dealkylation sites (N-methyl/N-ethyl adjacent to an activating group) is 1. The van der Waals surface area contributed by atoms with E-state index in [-0.39, 0.29) is 29.1 Å². The standard InChI is InChI=1S/C36H48ClN5O4/c1-7-27(43)41-29(28(35(6)15-16-35)23-11-9-10-12-24(23)37)31-39-25-14-13-22(21-26(25)40-31)36(17-19-46-20-18-36)33(45)42-30(34(3,4)5)32(44)38-8-2/h9-14,21,28-30H,7-8,15-20H2,1-6H3,(H,38,44)(H,39,40)(H,41,43)(H,42,45)/t28-,29-,30-/m0/s1. The number of H-pyrrole nitrogens is 1. The van der Waals surface area contributed by atoms with E-state index in [1.54, 1.807) is 0 Å². The minimum Gasteiger partial charge on any atom is -0.381 e. The highest BCUT2D eigenvalue weighted by Gasteiger charge is 2.51. The van der Waals surface area contributed by atoms with Crippen LogP contribution in [0.15, 0.2) is 42.5 Å². The van der Waals surface area contributed by atoms with Crippen LogP contribution in [0.4, 0.5) is 0 Å². The molecular formula is C36H48ClN5O4. The van der Waals surface area contributed by atoms with Crippen molar-refractivity contribution in [3.05, 3.63) is 64.4 Å². The van der Waals surface area contributed by atoms with Gasteiger partial charge in [0.1, 0.15) is 11.9 Å². The van der Waals surface area contributed by atoms with Crippen molar-refractivity contribution < 1.29 is 19.1 Å². The summed E-state index contributed by atoms with van der Waals surface area (Å²) in [5.41, 5.74) is 1.93. The van der Waals surface area contributed by atoms with Crippen LogP contribution in [-0.4, -0.2) is 53.5 Å². The maximum Gasteiger partial charge on any atom is 0.243 e. The number of amides is 3. The fourth-order valence-corrected chi connectivity index (χ4v) is 7.09. The van der Waals surface area contributed by atoms with Crippen LogP contribution >= 0.6 is 11.6 Å². The Kier molecular flexibility index (Phi) is 9.85. The molecule has 3 atom stereocenters. The van der Waals surface area contributed by atoms with Crippen LogP contribution in [0.5, 0.6) is 0 Å². The highest BCUT2D eigenvalue weighted by molar-refractivity contribution is 6.31. The van der Waals surface area contributed by atoms with Crippen LogP contribution in [0, 0.1) is 10.8 Å². The molecule has 1 aliphatic heterocycles. The molecule has 10 heteroatoms. The average Bonchev–Trinajstić information content (AvgIpc) is 3.62. The molecule has 2 aromatic carbocycles. The molecule has 0 spiro atoms. The maximum atomic E-state index is 14.3. The molecule has 1 saturated carbocycles. The topological polar surface area (TPSA) is 125 Å². The molecule has 0 radical (unpaired) electrons. The summed E-state index contributed by atoms with van der Waals surface area (Å²) < 4.78 is 5.71. The molecule has 248 valence electrons. The summed E-state index contributed by atoms with van der Waals surface area (Å²) in [5, 5.41) is 9.93. The largest absolute Gasteiger partial charge is 0.381 e. The van der Waals surface area contributed by atoms with Crippen LogP contribution in [-0.2, 0) is 24.5 Å². The highest BCUT2D eigenvalue weighted by Crippen LogP contribution is 2.60. The Hall–Kier alpha value is -3.43. The van der Waals surface area contributed by atoms with E-state index in [2.05, 4.69) is 27.9 Å². The summed E-state index contributed by atoms with van der Waals surface area (Å²) in [6.45, 7) is 13.2. The van der Waals surface area contributed by atoms with E-state index in [9.17, 15) is 14.4 Å². The van der Waals surface area contributed by atoms with Crippen molar-refractivity contribution in [3.63, 3.8) is 0 Å². The van der Waals surface area contributed by atoms with Crippen molar-refractivity contribution in [2.24, 2.45) is 10.8 Å². The van der Waals surface area contributed by atoms with Crippen molar-refractivity contribution in [1.29, 1.82) is 0 Å². The number of benzene rings is 2. The predicted molar refractivity (Wildman–Crippen MR) is 181 cm³/mol. The molecule has 1 aliphatic carbocycles. The van der Waals surface area contributed by atoms with Gasteiger partial charge in [0.05, 0.1) is 22.5 Å². The third-order valence-corrected chi connectivity index (χ3v) is 10.2. The molecule has 2 fully saturated rings. The van der Waals surface area contributed by atoms with Crippen molar-refractivity contribution in [2.75, 3.05) is 19.8 Å². The number of aromatic amines is 1. The summed E-state index contributed by atoms with van der Waals surface area (Å²) in [7, 11) is 0. The molecule has 5 rings (SSSR count). The lowest BCUT2D eigenvalue weighted by Gasteiger charge is -2.39. The second-order valence-electron chi connectivity index (χ2n) is 14.3. The van der Waals surface area contributed by atoms with E-state index >= 15 is 0 Å². The zero-order chi connectivity index (χ0) is 33.3. The van der Waals surface area contributed by atoms with Gasteiger partial charge < -0.3 is 25.7 Å². The van der Waals surface area contributed by atoms with Gasteiger partial charge in [0.25, 0.3) is 0 Å². The van der Waals surface area contributed by atoms with E-state index in [4.69, 9.17) is 21.3 Å². The van der Waals surface area contributed by atoms with E-state index in [0.29, 0.717) is 49.9 Å². The summed E-state index contributed by atoms with van der Waals surface area (Å²) in [4.78, 5) is 48.8. The van der Waals surface area contributed by atoms with Gasteiger partial charge >= 0.3 is 0 Å². The number of carbonyl (C=O) groups is 3. The van der Waals surface area contributed by atoms with Gasteiger partial charge in [-0.15, -0.1) is 0 Å². The van der Waals surface area contributed by atoms with Crippen LogP contribution in [0.3, 0.4) is 0 Å². The lowest BCUT2D eigenvalue weighted by atomic mass is 9.72. The molecular weight excluding hydrogens is 602 g/mol. The molecule has 4 N–H and O–H groups in total. The summed E-state index contributed by atoms with van der Waals surface area (Å²) in [5.74, 6) is 0.117. The quantitative estimate of drug-likeness (QED) is 0.200. The van der Waals surface area contributed by atoms with E-state index in [1.807, 2.05) is 77.1 Å². The van der Waals surface area contributed by atoms with Gasteiger partial charge in [-0.05, 0) is 72.8 Å². The Labute approximate surface area is 277 Å². The number of nitrogens with zero attached hydrogens (tertiary/aromatic N) is 1. The third-order valence-electron chi connectivity index (χ3n) is 9.88. The Balaban J connectivity index is 1.55. The van der Waals surface area contributed by atoms with Crippen molar-refractivity contribution in [1.82, 2.24) is 25.9 Å². The summed E-state index contributed by atoms with van der Waals surface area (Å²) in [6.07, 6.45) is 3.37. The SMILES string of the molecule is CCNC(=O)[C@H](NC(=O)C1(c2ccc3nc([C@@H](NC(=O)CC)[C@H](c4ccccc4Cl)C4(C)CC4)[nH]c3c2)CCOCC1)C(C)(C)C. The van der Waals surface area contributed by atoms with Crippen LogP contribution in [0.25, 0.3) is 11.0 Å². The molecule has 0 unspecified atom stereocenters. The molecule has 2 heterocycles. The normalized spacial score (nSPS) is 19.1. The Morgan fingerprint density at radius 1 is 1.02 bits per heavy atom. The van der Waals surface area contributed by atoms with Gasteiger partial charge in [0.15, 0.2) is 0 Å². The third kappa shape index (κ3) is 6.81. The Morgan fingerprint density at radius 2 is 1.72 bits per heavy atom. The molecule has 1 saturated heterocycles. The summed E-state index contributed by atoms with van der Waals surface area (Å²) in [6, 6.07) is 12.6. The smallest absolute Gasteiger partial charge is 0.243 e. The number of aromatic nitrogens is 2. The van der Waals surface area contributed by atoms with Gasteiger partial charge in [-0.1, -0.05) is 70.5 Å². The van der Waals surface area contributed by atoms with E-state index in [1.165, 1.54) is 0 Å². The predicted octanol–water partition coefficient (Wildman–Crippen LogP) is 6.08. The van der Waals surface area contributed by atoms with Crippen LogP contribution in [0.2, 0.25) is 5.02 Å². The molecule has 0 bridgehead atoms. The van der Waals surface area contributed by atoms with Gasteiger partial charge in [-0.3, -0.25) is 14.4 Å². The number of hydrogen-bond acceptors (Lipinski definition) is 5. The zero-order valence-electron chi connectivity index (χ0n) is 27.9. The summed E-state index contributed by atoms with van der Waals surface area (Å²) >= 11 is 6.77. The number of halogens is 1. The first kappa shape index (κ1) is 33.9. The second kappa shape index (κ2) is 13.4. The van der Waals surface area contributed by atoms with Gasteiger partial charge in [-0.2, -0.15) is 0 Å². The Morgan fingerprint density at radius 3 is 2.33 bits per heavy atom. The van der Waals surface area contributed by atoms with E-state index < -0.39 is 22.9 Å². The minimum atomic E-state index is -0.884. The van der Waals surface area contributed by atoms with Crippen molar-refractivity contribution in [2.45, 2.75) is 97.1 Å². The minimum absolute atomic E-state index is 0.0429. The first-order valence-electron chi connectivity index (χ1n) is 16.5. The van der Waals surface area contributed by atoms with Crippen molar-refractivity contribution in [3.8, 4) is 0 Å². The molecule has 46 heavy (non-hydrogen) atoms. The molecule has 1 aromatic heterocycles. The fourth-order valence-electron chi connectivity index (χ4n) is 6.84. The molecule has 3 aromatic rings. The van der Waals surface area contributed by atoms with Crippen LogP contribution < -0.4 is 16.0 Å². The molecule has 9 nitrogen and oxygen atoms in total. The van der Waals surface area contributed by atoms with Crippen LogP contribution in [0.1, 0.15) is 103 Å². The number of hydrogen-bond donors (Lipinski definition) is 4. The first-order valence-corrected chi connectivity index (χ1v) is 16.9. The number of fused-ring (bicyclic) bond motifs is 1. The lowest BCUT2D eigenvalue weighted by Crippen LogP contribution is -2.58. The second-order valence-corrected chi connectivity index (χ2v) is 14.7. The van der Waals surface area contributed by atoms with Crippen molar-refractivity contribution >= 4 is 40.4 Å². The monoisotopic (exact) mass is 649 g/mol. The van der Waals surface area contributed by atoms with E-state index in [0.717, 1.165) is 35.0 Å². The number of rotatable bonds is 11. The maximum absolute atomic E-state index is 14.3.